The Morgan fingerprint density at radius 1 is 1.56 bits per heavy atom. The lowest BCUT2D eigenvalue weighted by Crippen LogP contribution is -2.37. The Balaban J connectivity index is 2.06. The molecule has 0 radical (unpaired) electrons. The molecule has 1 aliphatic heterocycles. The van der Waals surface area contributed by atoms with Crippen LogP contribution in [0.5, 0.6) is 0 Å². The summed E-state index contributed by atoms with van der Waals surface area (Å²) in [5.74, 6) is 0.917. The van der Waals surface area contributed by atoms with Gasteiger partial charge in [-0.2, -0.15) is 0 Å². The summed E-state index contributed by atoms with van der Waals surface area (Å²) in [5, 5.41) is 2.84. The molecule has 1 fully saturated rings. The molecule has 1 rings (SSSR count). The smallest absolute Gasteiger partial charge is 0.221 e. The third-order valence-electron chi connectivity index (χ3n) is 3.02. The van der Waals surface area contributed by atoms with E-state index in [0.717, 1.165) is 25.6 Å². The fraction of sp³-hybridized carbons (Fsp3) is 0.917. The first-order chi connectivity index (χ1) is 7.72. The molecule has 1 heterocycles. The highest BCUT2D eigenvalue weighted by Crippen LogP contribution is 2.15. The van der Waals surface area contributed by atoms with Gasteiger partial charge in [0, 0.05) is 33.2 Å². The fourth-order valence-electron chi connectivity index (χ4n) is 2.13. The number of carbonyl (C=O) groups excluding carboxylic acids is 1. The van der Waals surface area contributed by atoms with E-state index in [4.69, 9.17) is 4.74 Å². The number of carbonyl (C=O) groups is 1. The summed E-state index contributed by atoms with van der Waals surface area (Å²) >= 11 is 0. The SMILES string of the molecule is COCCNC(=O)CCN1CCCC(C)C1. The Labute approximate surface area is 98.3 Å². The summed E-state index contributed by atoms with van der Waals surface area (Å²) in [7, 11) is 1.64. The summed E-state index contributed by atoms with van der Waals surface area (Å²) in [6.45, 7) is 6.67. The van der Waals surface area contributed by atoms with Crippen LogP contribution in [0.15, 0.2) is 0 Å². The molecule has 1 N–H and O–H groups in total. The van der Waals surface area contributed by atoms with Crippen molar-refractivity contribution in [2.45, 2.75) is 26.2 Å². The van der Waals surface area contributed by atoms with E-state index in [1.165, 1.54) is 12.8 Å². The normalized spacial score (nSPS) is 22.0. The minimum absolute atomic E-state index is 0.135. The van der Waals surface area contributed by atoms with Crippen molar-refractivity contribution in [3.8, 4) is 0 Å². The van der Waals surface area contributed by atoms with Crippen molar-refractivity contribution in [2.75, 3.05) is 39.9 Å². The molecular formula is C12H24N2O2. The number of hydrogen-bond acceptors (Lipinski definition) is 3. The van der Waals surface area contributed by atoms with Crippen LogP contribution in [0.2, 0.25) is 0 Å². The molecular weight excluding hydrogens is 204 g/mol. The zero-order chi connectivity index (χ0) is 11.8. The van der Waals surface area contributed by atoms with Crippen molar-refractivity contribution in [2.24, 2.45) is 5.92 Å². The second-order valence-corrected chi connectivity index (χ2v) is 4.64. The number of piperidine rings is 1. The molecule has 0 aliphatic carbocycles. The maximum atomic E-state index is 11.4. The van der Waals surface area contributed by atoms with Gasteiger partial charge in [0.1, 0.15) is 0 Å². The zero-order valence-corrected chi connectivity index (χ0v) is 10.5. The molecule has 0 bridgehead atoms. The largest absolute Gasteiger partial charge is 0.383 e. The van der Waals surface area contributed by atoms with Crippen LogP contribution < -0.4 is 5.32 Å². The molecule has 16 heavy (non-hydrogen) atoms. The topological polar surface area (TPSA) is 41.6 Å². The molecule has 4 nitrogen and oxygen atoms in total. The van der Waals surface area contributed by atoms with E-state index >= 15 is 0 Å². The molecule has 4 heteroatoms. The predicted octanol–water partition coefficient (Wildman–Crippen LogP) is 0.871. The highest BCUT2D eigenvalue weighted by Gasteiger charge is 2.16. The van der Waals surface area contributed by atoms with Crippen LogP contribution in [0, 0.1) is 5.92 Å². The highest BCUT2D eigenvalue weighted by atomic mass is 16.5. The van der Waals surface area contributed by atoms with Crippen molar-refractivity contribution in [3.05, 3.63) is 0 Å². The van der Waals surface area contributed by atoms with Gasteiger partial charge in [-0.15, -0.1) is 0 Å². The minimum atomic E-state index is 0.135. The summed E-state index contributed by atoms with van der Waals surface area (Å²) < 4.78 is 4.88. The van der Waals surface area contributed by atoms with E-state index in [2.05, 4.69) is 17.1 Å². The third kappa shape index (κ3) is 5.47. The summed E-state index contributed by atoms with van der Waals surface area (Å²) in [4.78, 5) is 13.8. The quantitative estimate of drug-likeness (QED) is 0.686. The Kier molecular flexibility index (Phi) is 6.42. The van der Waals surface area contributed by atoms with Gasteiger partial charge in [-0.3, -0.25) is 4.79 Å². The maximum absolute atomic E-state index is 11.4. The molecule has 1 amide bonds. The molecule has 1 atom stereocenters. The van der Waals surface area contributed by atoms with Gasteiger partial charge in [0.05, 0.1) is 6.61 Å². The minimum Gasteiger partial charge on any atom is -0.383 e. The van der Waals surface area contributed by atoms with E-state index in [1.54, 1.807) is 7.11 Å². The van der Waals surface area contributed by atoms with Gasteiger partial charge in [0.15, 0.2) is 0 Å². The lowest BCUT2D eigenvalue weighted by atomic mass is 10.0. The summed E-state index contributed by atoms with van der Waals surface area (Å²) in [6.07, 6.45) is 3.21. The number of rotatable bonds is 6. The third-order valence-corrected chi connectivity index (χ3v) is 3.02. The van der Waals surface area contributed by atoms with Crippen LogP contribution >= 0.6 is 0 Å². The van der Waals surface area contributed by atoms with E-state index in [-0.39, 0.29) is 5.91 Å². The Morgan fingerprint density at radius 3 is 3.06 bits per heavy atom. The summed E-state index contributed by atoms with van der Waals surface area (Å²) in [5.41, 5.74) is 0. The number of amides is 1. The molecule has 0 aromatic carbocycles. The Hall–Kier alpha value is -0.610. The first-order valence-corrected chi connectivity index (χ1v) is 6.20. The lowest BCUT2D eigenvalue weighted by molar-refractivity contribution is -0.121. The Bertz CT molecular complexity index is 209. The van der Waals surface area contributed by atoms with Crippen molar-refractivity contribution >= 4 is 5.91 Å². The van der Waals surface area contributed by atoms with Crippen LogP contribution in [-0.2, 0) is 9.53 Å². The molecule has 1 aliphatic rings. The van der Waals surface area contributed by atoms with Crippen molar-refractivity contribution in [1.82, 2.24) is 10.2 Å². The lowest BCUT2D eigenvalue weighted by Gasteiger charge is -2.30. The van der Waals surface area contributed by atoms with Crippen molar-refractivity contribution in [3.63, 3.8) is 0 Å². The van der Waals surface area contributed by atoms with E-state index in [1.807, 2.05) is 0 Å². The maximum Gasteiger partial charge on any atom is 0.221 e. The highest BCUT2D eigenvalue weighted by molar-refractivity contribution is 5.76. The van der Waals surface area contributed by atoms with Crippen LogP contribution in [0.4, 0.5) is 0 Å². The van der Waals surface area contributed by atoms with Gasteiger partial charge < -0.3 is 15.0 Å². The molecule has 94 valence electrons. The number of nitrogens with one attached hydrogen (secondary N) is 1. The van der Waals surface area contributed by atoms with Crippen molar-refractivity contribution in [1.29, 1.82) is 0 Å². The van der Waals surface area contributed by atoms with Crippen LogP contribution in [0.3, 0.4) is 0 Å². The summed E-state index contributed by atoms with van der Waals surface area (Å²) in [6, 6.07) is 0. The molecule has 0 aromatic rings. The molecule has 0 spiro atoms. The van der Waals surface area contributed by atoms with E-state index < -0.39 is 0 Å². The van der Waals surface area contributed by atoms with Crippen LogP contribution in [-0.4, -0.2) is 50.7 Å². The molecule has 0 aromatic heterocycles. The number of nitrogens with zero attached hydrogens (tertiary/aromatic N) is 1. The number of ether oxygens (including phenoxy) is 1. The first kappa shape index (κ1) is 13.5. The Morgan fingerprint density at radius 2 is 2.38 bits per heavy atom. The second-order valence-electron chi connectivity index (χ2n) is 4.64. The van der Waals surface area contributed by atoms with Gasteiger partial charge in [0.25, 0.3) is 0 Å². The van der Waals surface area contributed by atoms with Gasteiger partial charge in [0.2, 0.25) is 5.91 Å². The second kappa shape index (κ2) is 7.63. The average Bonchev–Trinajstić information content (AvgIpc) is 2.27. The number of likely N-dealkylation sites (tertiary alicyclic amines) is 1. The van der Waals surface area contributed by atoms with Gasteiger partial charge >= 0.3 is 0 Å². The monoisotopic (exact) mass is 228 g/mol. The first-order valence-electron chi connectivity index (χ1n) is 6.20. The molecule has 1 unspecified atom stereocenters. The van der Waals surface area contributed by atoms with Gasteiger partial charge in [-0.05, 0) is 25.3 Å². The number of hydrogen-bond donors (Lipinski definition) is 1. The van der Waals surface area contributed by atoms with Crippen LogP contribution in [0.1, 0.15) is 26.2 Å². The number of methoxy groups -OCH3 is 1. The van der Waals surface area contributed by atoms with Gasteiger partial charge in [-0.25, -0.2) is 0 Å². The molecule has 0 saturated carbocycles. The standard InChI is InChI=1S/C12H24N2O2/c1-11-4-3-7-14(10-11)8-5-12(15)13-6-9-16-2/h11H,3-10H2,1-2H3,(H,13,15). The zero-order valence-electron chi connectivity index (χ0n) is 10.5. The fourth-order valence-corrected chi connectivity index (χ4v) is 2.13. The molecule has 1 saturated heterocycles. The van der Waals surface area contributed by atoms with Gasteiger partial charge in [-0.1, -0.05) is 6.92 Å². The van der Waals surface area contributed by atoms with Crippen molar-refractivity contribution < 1.29 is 9.53 Å². The van der Waals surface area contributed by atoms with Crippen LogP contribution in [0.25, 0.3) is 0 Å². The average molecular weight is 228 g/mol. The predicted molar refractivity (Wildman–Crippen MR) is 64.3 cm³/mol. The van der Waals surface area contributed by atoms with E-state index in [0.29, 0.717) is 19.6 Å². The van der Waals surface area contributed by atoms with E-state index in [9.17, 15) is 4.79 Å².